The van der Waals surface area contributed by atoms with E-state index in [9.17, 15) is 21.6 Å². The maximum Gasteiger partial charge on any atom is 0.264 e. The van der Waals surface area contributed by atoms with E-state index >= 15 is 0 Å². The molecule has 0 aliphatic rings. The van der Waals surface area contributed by atoms with Crippen LogP contribution in [0.2, 0.25) is 0 Å². The number of aryl methyl sites for hydroxylation is 3. The number of amides is 1. The van der Waals surface area contributed by atoms with Gasteiger partial charge in [0, 0.05) is 23.1 Å². The molecule has 12 nitrogen and oxygen atoms in total. The van der Waals surface area contributed by atoms with Gasteiger partial charge in [0.2, 0.25) is 11.9 Å². The summed E-state index contributed by atoms with van der Waals surface area (Å²) in [6, 6.07) is 17.9. The summed E-state index contributed by atoms with van der Waals surface area (Å²) in [5.74, 6) is -0.174. The highest BCUT2D eigenvalue weighted by Crippen LogP contribution is 2.35. The van der Waals surface area contributed by atoms with Crippen molar-refractivity contribution in [2.24, 2.45) is 0 Å². The standard InChI is InChI=1S/C29H31N5O7S2/c1-19-6-11-25(12-7-19)43(38,39)34(26-17-23(40-4)10-15-27(26)41-5)18-28(35)32-22-8-13-24(14-9-22)42(36,37)33-29-30-20(2)16-21(3)31-29/h6-17H,18H2,1-5H3,(H,32,35)(H,30,31,33). The molecule has 226 valence electrons. The van der Waals surface area contributed by atoms with E-state index in [1.54, 1.807) is 44.2 Å². The van der Waals surface area contributed by atoms with Gasteiger partial charge in [-0.1, -0.05) is 17.7 Å². The third-order valence-electron chi connectivity index (χ3n) is 6.21. The SMILES string of the molecule is COc1ccc(OC)c(N(CC(=O)Nc2ccc(S(=O)(=O)Nc3nc(C)cc(C)n3)cc2)S(=O)(=O)c2ccc(C)cc2)c1. The van der Waals surface area contributed by atoms with Gasteiger partial charge in [0.15, 0.2) is 0 Å². The van der Waals surface area contributed by atoms with E-state index in [-0.39, 0.29) is 32.9 Å². The molecule has 0 spiro atoms. The molecule has 0 saturated heterocycles. The number of aromatic nitrogens is 2. The van der Waals surface area contributed by atoms with E-state index in [1.807, 2.05) is 6.92 Å². The van der Waals surface area contributed by atoms with Gasteiger partial charge in [-0.15, -0.1) is 0 Å². The van der Waals surface area contributed by atoms with Gasteiger partial charge in [-0.05, 0) is 75.4 Å². The van der Waals surface area contributed by atoms with Crippen LogP contribution in [0.3, 0.4) is 0 Å². The number of hydrogen-bond acceptors (Lipinski definition) is 9. The Kier molecular flexibility index (Phi) is 9.21. The number of nitrogens with zero attached hydrogens (tertiary/aromatic N) is 3. The topological polar surface area (TPSA) is 157 Å². The van der Waals surface area contributed by atoms with Crippen molar-refractivity contribution in [1.82, 2.24) is 9.97 Å². The molecule has 3 aromatic carbocycles. The van der Waals surface area contributed by atoms with Gasteiger partial charge in [0.25, 0.3) is 20.0 Å². The van der Waals surface area contributed by atoms with Gasteiger partial charge in [0.05, 0.1) is 29.7 Å². The number of carbonyl (C=O) groups is 1. The summed E-state index contributed by atoms with van der Waals surface area (Å²) in [7, 11) is -5.43. The molecule has 1 heterocycles. The van der Waals surface area contributed by atoms with Crippen LogP contribution in [0.5, 0.6) is 11.5 Å². The Morgan fingerprint density at radius 3 is 1.98 bits per heavy atom. The summed E-state index contributed by atoms with van der Waals surface area (Å²) in [6.07, 6.45) is 0. The van der Waals surface area contributed by atoms with Crippen molar-refractivity contribution in [2.45, 2.75) is 30.6 Å². The molecule has 0 bridgehead atoms. The molecule has 0 radical (unpaired) electrons. The molecule has 14 heteroatoms. The van der Waals surface area contributed by atoms with Gasteiger partial charge in [-0.2, -0.15) is 0 Å². The van der Waals surface area contributed by atoms with Crippen LogP contribution >= 0.6 is 0 Å². The summed E-state index contributed by atoms with van der Waals surface area (Å²) in [4.78, 5) is 21.3. The van der Waals surface area contributed by atoms with Gasteiger partial charge < -0.3 is 14.8 Å². The van der Waals surface area contributed by atoms with Crippen LogP contribution < -0.4 is 23.8 Å². The second kappa shape index (κ2) is 12.7. The number of ether oxygens (including phenoxy) is 2. The summed E-state index contributed by atoms with van der Waals surface area (Å²) in [5, 5.41) is 2.63. The van der Waals surface area contributed by atoms with Crippen LogP contribution in [0.15, 0.2) is 82.6 Å². The molecule has 0 aliphatic carbocycles. The highest BCUT2D eigenvalue weighted by atomic mass is 32.2. The minimum Gasteiger partial charge on any atom is -0.497 e. The van der Waals surface area contributed by atoms with Crippen LogP contribution in [0.25, 0.3) is 0 Å². The van der Waals surface area contributed by atoms with Crippen molar-refractivity contribution >= 4 is 43.3 Å². The zero-order valence-electron chi connectivity index (χ0n) is 24.2. The van der Waals surface area contributed by atoms with Gasteiger partial charge >= 0.3 is 0 Å². The minimum atomic E-state index is -4.24. The van der Waals surface area contributed by atoms with Gasteiger partial charge in [-0.3, -0.25) is 9.10 Å². The summed E-state index contributed by atoms with van der Waals surface area (Å²) in [6.45, 7) is 4.66. The Bertz CT molecular complexity index is 1830. The first-order valence-corrected chi connectivity index (χ1v) is 15.8. The third-order valence-corrected chi connectivity index (χ3v) is 9.33. The van der Waals surface area contributed by atoms with Crippen LogP contribution in [0.1, 0.15) is 17.0 Å². The van der Waals surface area contributed by atoms with Crippen LogP contribution in [0.4, 0.5) is 17.3 Å². The van der Waals surface area contributed by atoms with E-state index in [0.717, 1.165) is 9.87 Å². The van der Waals surface area contributed by atoms with E-state index in [2.05, 4.69) is 20.0 Å². The van der Waals surface area contributed by atoms with Crippen molar-refractivity contribution in [3.63, 3.8) is 0 Å². The van der Waals surface area contributed by atoms with Crippen molar-refractivity contribution in [3.8, 4) is 11.5 Å². The number of methoxy groups -OCH3 is 2. The lowest BCUT2D eigenvalue weighted by Crippen LogP contribution is -2.38. The Morgan fingerprint density at radius 1 is 0.791 bits per heavy atom. The number of sulfonamides is 2. The number of hydrogen-bond donors (Lipinski definition) is 2. The van der Waals surface area contributed by atoms with Crippen LogP contribution in [-0.2, 0) is 24.8 Å². The normalized spacial score (nSPS) is 11.5. The molecule has 1 aromatic heterocycles. The molecule has 4 aromatic rings. The molecule has 2 N–H and O–H groups in total. The second-order valence-electron chi connectivity index (χ2n) is 9.51. The fraction of sp³-hybridized carbons (Fsp3) is 0.207. The highest BCUT2D eigenvalue weighted by Gasteiger charge is 2.30. The quantitative estimate of drug-likeness (QED) is 0.251. The zero-order chi connectivity index (χ0) is 31.4. The van der Waals surface area contributed by atoms with Crippen molar-refractivity contribution in [2.75, 3.05) is 35.1 Å². The predicted molar refractivity (Wildman–Crippen MR) is 163 cm³/mol. The molecule has 4 rings (SSSR count). The second-order valence-corrected chi connectivity index (χ2v) is 13.1. The maximum atomic E-state index is 13.8. The maximum absolute atomic E-state index is 13.8. The van der Waals surface area contributed by atoms with Gasteiger partial charge in [0.1, 0.15) is 18.0 Å². The molecule has 1 amide bonds. The zero-order valence-corrected chi connectivity index (χ0v) is 25.8. The lowest BCUT2D eigenvalue weighted by molar-refractivity contribution is -0.114. The third kappa shape index (κ3) is 7.40. The molecule has 0 unspecified atom stereocenters. The van der Waals surface area contributed by atoms with E-state index in [1.165, 1.54) is 56.7 Å². The molecule has 0 fully saturated rings. The number of anilines is 3. The average molecular weight is 626 g/mol. The molecule has 43 heavy (non-hydrogen) atoms. The Labute approximate surface area is 250 Å². The first-order chi connectivity index (χ1) is 20.3. The van der Waals surface area contributed by atoms with Crippen molar-refractivity contribution < 1.29 is 31.1 Å². The monoisotopic (exact) mass is 625 g/mol. The minimum absolute atomic E-state index is 0.0226. The summed E-state index contributed by atoms with van der Waals surface area (Å²) < 4.78 is 67.3. The molecular weight excluding hydrogens is 594 g/mol. The largest absolute Gasteiger partial charge is 0.497 e. The number of carbonyl (C=O) groups excluding carboxylic acids is 1. The smallest absolute Gasteiger partial charge is 0.264 e. The van der Waals surface area contributed by atoms with Gasteiger partial charge in [-0.25, -0.2) is 31.5 Å². The van der Waals surface area contributed by atoms with E-state index < -0.39 is 32.5 Å². The Morgan fingerprint density at radius 2 is 1.40 bits per heavy atom. The summed E-state index contributed by atoms with van der Waals surface area (Å²) in [5.41, 5.74) is 2.42. The summed E-state index contributed by atoms with van der Waals surface area (Å²) >= 11 is 0. The molecule has 0 aliphatic heterocycles. The lowest BCUT2D eigenvalue weighted by Gasteiger charge is -2.26. The Balaban J connectivity index is 1.59. The predicted octanol–water partition coefficient (Wildman–Crippen LogP) is 4.05. The fourth-order valence-electron chi connectivity index (χ4n) is 4.13. The fourth-order valence-corrected chi connectivity index (χ4v) is 6.50. The first kappa shape index (κ1) is 31.3. The van der Waals surface area contributed by atoms with Crippen molar-refractivity contribution in [1.29, 1.82) is 0 Å². The lowest BCUT2D eigenvalue weighted by atomic mass is 10.2. The highest BCUT2D eigenvalue weighted by molar-refractivity contribution is 7.93. The number of benzene rings is 3. The number of rotatable bonds is 11. The number of nitrogens with one attached hydrogen (secondary N) is 2. The van der Waals surface area contributed by atoms with Crippen LogP contribution in [-0.4, -0.2) is 53.5 Å². The van der Waals surface area contributed by atoms with Crippen molar-refractivity contribution in [3.05, 3.63) is 89.7 Å². The van der Waals surface area contributed by atoms with Crippen LogP contribution in [0, 0.1) is 20.8 Å². The molecule has 0 atom stereocenters. The van der Waals surface area contributed by atoms with E-state index in [4.69, 9.17) is 9.47 Å². The Hall–Kier alpha value is -4.69. The molecular formula is C29H31N5O7S2. The first-order valence-electron chi connectivity index (χ1n) is 12.9. The van der Waals surface area contributed by atoms with E-state index in [0.29, 0.717) is 17.1 Å². The molecule has 0 saturated carbocycles. The average Bonchev–Trinajstić information content (AvgIpc) is 2.95.